The molecule has 1 saturated heterocycles. The lowest BCUT2D eigenvalue weighted by Crippen LogP contribution is -2.52. The van der Waals surface area contributed by atoms with Crippen molar-refractivity contribution in [3.05, 3.63) is 71.8 Å². The number of nitrogens with zero attached hydrogens (tertiary/aromatic N) is 1. The minimum atomic E-state index is -4.57. The number of carbonyl (C=O) groups excluding carboxylic acids is 1. The number of likely N-dealkylation sites (N-methyl/N-ethyl adjacent to an activating group) is 1. The summed E-state index contributed by atoms with van der Waals surface area (Å²) in [6, 6.07) is 7.49. The second kappa shape index (κ2) is 6.78. The molecule has 160 valence electrons. The highest BCUT2D eigenvalue weighted by atomic mass is 19.3. The Bertz CT molecular complexity index is 943. The summed E-state index contributed by atoms with van der Waals surface area (Å²) < 4.78 is 61.0. The molecule has 1 aliphatic carbocycles. The third-order valence-electron chi connectivity index (χ3n) is 6.19. The predicted octanol–water partition coefficient (Wildman–Crippen LogP) is 3.93. The first-order chi connectivity index (χ1) is 14.0. The second-order valence-electron chi connectivity index (χ2n) is 7.93. The van der Waals surface area contributed by atoms with Gasteiger partial charge in [-0.05, 0) is 43.7 Å². The number of fused-ring (bicyclic) bond motifs is 2. The first kappa shape index (κ1) is 20.8. The van der Waals surface area contributed by atoms with Crippen molar-refractivity contribution in [3.8, 4) is 0 Å². The van der Waals surface area contributed by atoms with E-state index in [1.54, 1.807) is 19.2 Å². The van der Waals surface area contributed by atoms with E-state index in [-0.39, 0.29) is 23.8 Å². The fourth-order valence-corrected chi connectivity index (χ4v) is 4.28. The van der Waals surface area contributed by atoms with Gasteiger partial charge in [-0.15, -0.1) is 0 Å². The Morgan fingerprint density at radius 1 is 1.17 bits per heavy atom. The maximum atomic E-state index is 14.1. The van der Waals surface area contributed by atoms with Crippen molar-refractivity contribution < 1.29 is 32.2 Å². The number of alkyl halides is 4. The standard InChI is InChI=1S/C22H21F4NO3/c1-27-17-8-5-11-19(27,12-10-17)30-18(28)22(29,15-6-3-2-4-7-15)16-9-13-20(23,24)21(25,26)14-16/h2-7,9,11,13-14,17,29H,8,10,12H2,1H3/t17-,19-,22?/m1/s1. The zero-order valence-corrected chi connectivity index (χ0v) is 16.2. The highest BCUT2D eigenvalue weighted by molar-refractivity contribution is 5.87. The van der Waals surface area contributed by atoms with Gasteiger partial charge in [-0.3, -0.25) is 4.90 Å². The van der Waals surface area contributed by atoms with Gasteiger partial charge in [0.25, 0.3) is 0 Å². The van der Waals surface area contributed by atoms with Crippen molar-refractivity contribution in [2.24, 2.45) is 0 Å². The van der Waals surface area contributed by atoms with Gasteiger partial charge >= 0.3 is 17.8 Å². The van der Waals surface area contributed by atoms with Crippen LogP contribution in [0.4, 0.5) is 17.6 Å². The van der Waals surface area contributed by atoms with Crippen molar-refractivity contribution in [1.29, 1.82) is 0 Å². The SMILES string of the molecule is CN1[C@@H]2CC=C[C@@]1(OC(=O)C(O)(C1=CC(F)(F)C(F)(F)C=C1)c1ccccc1)CC2. The number of allylic oxidation sites excluding steroid dienone is 2. The molecule has 0 radical (unpaired) electrons. The molecule has 2 bridgehead atoms. The topological polar surface area (TPSA) is 49.8 Å². The number of carbonyl (C=O) groups is 1. The van der Waals surface area contributed by atoms with Gasteiger partial charge in [0.05, 0.1) is 0 Å². The molecule has 1 aromatic rings. The van der Waals surface area contributed by atoms with Gasteiger partial charge in [0.1, 0.15) is 0 Å². The van der Waals surface area contributed by atoms with Crippen LogP contribution in [0.2, 0.25) is 0 Å². The maximum absolute atomic E-state index is 14.1. The van der Waals surface area contributed by atoms with E-state index in [1.165, 1.54) is 24.3 Å². The lowest BCUT2D eigenvalue weighted by Gasteiger charge is -2.41. The molecule has 4 nitrogen and oxygen atoms in total. The number of benzene rings is 1. The van der Waals surface area contributed by atoms with E-state index in [9.17, 15) is 27.5 Å². The highest BCUT2D eigenvalue weighted by Gasteiger charge is 2.58. The van der Waals surface area contributed by atoms with Gasteiger partial charge in [0.15, 0.2) is 5.72 Å². The van der Waals surface area contributed by atoms with Crippen LogP contribution in [0.25, 0.3) is 0 Å². The van der Waals surface area contributed by atoms with Crippen molar-refractivity contribution in [2.75, 3.05) is 7.05 Å². The molecule has 3 aliphatic rings. The Morgan fingerprint density at radius 2 is 1.87 bits per heavy atom. The first-order valence-corrected chi connectivity index (χ1v) is 9.62. The molecule has 3 atom stereocenters. The van der Waals surface area contributed by atoms with Gasteiger partial charge in [0, 0.05) is 18.0 Å². The summed E-state index contributed by atoms with van der Waals surface area (Å²) >= 11 is 0. The van der Waals surface area contributed by atoms with Crippen molar-refractivity contribution in [3.63, 3.8) is 0 Å². The lowest BCUT2D eigenvalue weighted by atomic mass is 9.82. The average Bonchev–Trinajstić information content (AvgIpc) is 2.88. The zero-order valence-electron chi connectivity index (χ0n) is 16.2. The molecule has 0 amide bonds. The van der Waals surface area contributed by atoms with Gasteiger partial charge < -0.3 is 9.84 Å². The zero-order chi connectivity index (χ0) is 21.8. The Kier molecular flexibility index (Phi) is 4.70. The molecule has 1 unspecified atom stereocenters. The minimum Gasteiger partial charge on any atom is -0.437 e. The number of aliphatic hydroxyl groups is 1. The number of hydrogen-bond acceptors (Lipinski definition) is 4. The third kappa shape index (κ3) is 3.01. The largest absolute Gasteiger partial charge is 0.437 e. The predicted molar refractivity (Wildman–Crippen MR) is 101 cm³/mol. The fraction of sp³-hybridized carbons (Fsp3) is 0.409. The molecule has 2 heterocycles. The van der Waals surface area contributed by atoms with Crippen LogP contribution < -0.4 is 0 Å². The summed E-state index contributed by atoms with van der Waals surface area (Å²) in [5.41, 5.74) is -4.52. The first-order valence-electron chi connectivity index (χ1n) is 9.62. The molecule has 1 N–H and O–H groups in total. The van der Waals surface area contributed by atoms with Crippen LogP contribution in [0.3, 0.4) is 0 Å². The summed E-state index contributed by atoms with van der Waals surface area (Å²) in [6.07, 6.45) is 6.21. The molecule has 0 aromatic heterocycles. The van der Waals surface area contributed by atoms with Crippen molar-refractivity contribution >= 4 is 5.97 Å². The molecular formula is C22H21F4NO3. The van der Waals surface area contributed by atoms with E-state index < -0.39 is 34.7 Å². The van der Waals surface area contributed by atoms with Crippen LogP contribution in [0.5, 0.6) is 0 Å². The Hall–Kier alpha value is -2.45. The van der Waals surface area contributed by atoms with E-state index in [0.29, 0.717) is 12.5 Å². The van der Waals surface area contributed by atoms with E-state index in [0.717, 1.165) is 12.8 Å². The molecule has 0 spiro atoms. The Morgan fingerprint density at radius 3 is 2.53 bits per heavy atom. The van der Waals surface area contributed by atoms with E-state index in [2.05, 4.69) is 0 Å². The number of rotatable bonds is 4. The quantitative estimate of drug-likeness (QED) is 0.453. The number of hydrogen-bond donors (Lipinski definition) is 1. The van der Waals surface area contributed by atoms with Crippen LogP contribution in [0.1, 0.15) is 24.8 Å². The van der Waals surface area contributed by atoms with Gasteiger partial charge in [-0.1, -0.05) is 42.5 Å². The smallest absolute Gasteiger partial charge is 0.349 e. The van der Waals surface area contributed by atoms with Crippen LogP contribution in [-0.2, 0) is 15.1 Å². The molecule has 0 saturated carbocycles. The normalized spacial score (nSPS) is 31.1. The van der Waals surface area contributed by atoms with Crippen LogP contribution >= 0.6 is 0 Å². The van der Waals surface area contributed by atoms with Crippen LogP contribution in [0, 0.1) is 0 Å². The summed E-state index contributed by atoms with van der Waals surface area (Å²) in [5, 5.41) is 11.4. The number of halogens is 4. The van der Waals surface area contributed by atoms with E-state index in [1.807, 2.05) is 11.0 Å². The molecule has 1 aromatic carbocycles. The average molecular weight is 423 g/mol. The molecule has 1 fully saturated rings. The Balaban J connectivity index is 1.77. The highest BCUT2D eigenvalue weighted by Crippen LogP contribution is 2.46. The van der Waals surface area contributed by atoms with E-state index >= 15 is 0 Å². The van der Waals surface area contributed by atoms with Gasteiger partial charge in [0.2, 0.25) is 5.60 Å². The summed E-state index contributed by atoms with van der Waals surface area (Å²) in [4.78, 5) is 15.2. The molecule has 4 rings (SSSR count). The third-order valence-corrected chi connectivity index (χ3v) is 6.19. The Labute approximate surface area is 171 Å². The molecular weight excluding hydrogens is 402 g/mol. The summed E-state index contributed by atoms with van der Waals surface area (Å²) in [6.45, 7) is 0. The van der Waals surface area contributed by atoms with Crippen LogP contribution in [0.15, 0.2) is 66.3 Å². The number of ether oxygens (including phenoxy) is 1. The number of esters is 1. The fourth-order valence-electron chi connectivity index (χ4n) is 4.28. The van der Waals surface area contributed by atoms with Crippen molar-refractivity contribution in [2.45, 2.75) is 48.5 Å². The molecule has 2 aliphatic heterocycles. The minimum absolute atomic E-state index is 0.0000451. The van der Waals surface area contributed by atoms with E-state index in [4.69, 9.17) is 4.74 Å². The summed E-state index contributed by atoms with van der Waals surface area (Å²) in [5.74, 6) is -10.2. The second-order valence-corrected chi connectivity index (χ2v) is 7.93. The lowest BCUT2D eigenvalue weighted by molar-refractivity contribution is -0.188. The van der Waals surface area contributed by atoms with Crippen LogP contribution in [-0.4, -0.2) is 46.6 Å². The maximum Gasteiger partial charge on any atom is 0.349 e. The monoisotopic (exact) mass is 423 g/mol. The van der Waals surface area contributed by atoms with Crippen molar-refractivity contribution in [1.82, 2.24) is 4.90 Å². The molecule has 30 heavy (non-hydrogen) atoms. The van der Waals surface area contributed by atoms with Gasteiger partial charge in [-0.2, -0.15) is 17.6 Å². The molecule has 8 heteroatoms. The van der Waals surface area contributed by atoms with Gasteiger partial charge in [-0.25, -0.2) is 4.79 Å². The summed E-state index contributed by atoms with van der Waals surface area (Å²) in [7, 11) is 1.78.